The van der Waals surface area contributed by atoms with Crippen molar-refractivity contribution in [2.24, 2.45) is 0 Å². The summed E-state index contributed by atoms with van der Waals surface area (Å²) >= 11 is 0. The molecule has 0 bridgehead atoms. The SMILES string of the molecule is [2H]C1([2H])NC([2H])([2H])C([2H])([2H])N(c2ccc(C(=O)NC3CC3)nc2)C1([2H])[2H]. The van der Waals surface area contributed by atoms with Gasteiger partial charge in [-0.3, -0.25) is 4.79 Å². The van der Waals surface area contributed by atoms with Crippen LogP contribution in [0.2, 0.25) is 0 Å². The van der Waals surface area contributed by atoms with Crippen LogP contribution >= 0.6 is 0 Å². The summed E-state index contributed by atoms with van der Waals surface area (Å²) in [6.07, 6.45) is 2.83. The average molecular weight is 254 g/mol. The zero-order valence-corrected chi connectivity index (χ0v) is 9.53. The molecular formula is C13H18N4O. The minimum absolute atomic E-state index is 0.0583. The van der Waals surface area contributed by atoms with Gasteiger partial charge in [-0.2, -0.15) is 0 Å². The summed E-state index contributed by atoms with van der Waals surface area (Å²) in [7, 11) is 0. The van der Waals surface area contributed by atoms with Gasteiger partial charge in [0.25, 0.3) is 5.91 Å². The topological polar surface area (TPSA) is 57.3 Å². The monoisotopic (exact) mass is 254 g/mol. The average Bonchev–Trinajstić information content (AvgIpc) is 3.29. The Bertz CT molecular complexity index is 693. The maximum absolute atomic E-state index is 12.0. The maximum Gasteiger partial charge on any atom is 0.270 e. The first-order valence-electron chi connectivity index (χ1n) is 9.66. The third-order valence-corrected chi connectivity index (χ3v) is 2.61. The summed E-state index contributed by atoms with van der Waals surface area (Å²) < 4.78 is 63.3. The summed E-state index contributed by atoms with van der Waals surface area (Å²) in [5.41, 5.74) is -0.125. The Morgan fingerprint density at radius 1 is 1.44 bits per heavy atom. The first-order valence-corrected chi connectivity index (χ1v) is 5.66. The van der Waals surface area contributed by atoms with E-state index in [2.05, 4.69) is 10.3 Å². The van der Waals surface area contributed by atoms with Crippen molar-refractivity contribution < 1.29 is 15.8 Å². The number of carbonyl (C=O) groups excluding carboxylic acids is 1. The van der Waals surface area contributed by atoms with Gasteiger partial charge >= 0.3 is 0 Å². The number of piperazine rings is 1. The predicted molar refractivity (Wildman–Crippen MR) is 69.8 cm³/mol. The van der Waals surface area contributed by atoms with E-state index in [1.807, 2.05) is 0 Å². The molecule has 1 aliphatic carbocycles. The molecule has 1 aromatic rings. The van der Waals surface area contributed by atoms with E-state index in [-0.39, 0.29) is 17.4 Å². The molecule has 2 fully saturated rings. The normalized spacial score (nSPS) is 37.4. The molecule has 96 valence electrons. The van der Waals surface area contributed by atoms with Crippen LogP contribution in [0.25, 0.3) is 0 Å². The van der Waals surface area contributed by atoms with Crippen LogP contribution in [0.4, 0.5) is 5.69 Å². The fourth-order valence-electron chi connectivity index (χ4n) is 1.50. The van der Waals surface area contributed by atoms with Crippen molar-refractivity contribution in [3.05, 3.63) is 24.0 Å². The van der Waals surface area contributed by atoms with Crippen molar-refractivity contribution in [1.82, 2.24) is 15.6 Å². The van der Waals surface area contributed by atoms with Crippen LogP contribution in [-0.2, 0) is 0 Å². The minimum atomic E-state index is -2.93. The molecule has 1 saturated carbocycles. The zero-order valence-electron chi connectivity index (χ0n) is 17.5. The van der Waals surface area contributed by atoms with E-state index in [1.54, 1.807) is 5.32 Å². The smallest absolute Gasteiger partial charge is 0.270 e. The number of hydrogen-bond donors (Lipinski definition) is 2. The molecule has 3 rings (SSSR count). The van der Waals surface area contributed by atoms with Gasteiger partial charge in [-0.1, -0.05) is 0 Å². The van der Waals surface area contributed by atoms with Crippen molar-refractivity contribution in [3.8, 4) is 0 Å². The van der Waals surface area contributed by atoms with Crippen molar-refractivity contribution >= 4 is 11.6 Å². The largest absolute Gasteiger partial charge is 0.368 e. The van der Waals surface area contributed by atoms with Crippen LogP contribution in [0.15, 0.2) is 18.3 Å². The summed E-state index contributed by atoms with van der Waals surface area (Å²) in [6.45, 7) is -11.6. The molecule has 0 unspecified atom stereocenters. The van der Waals surface area contributed by atoms with Gasteiger partial charge in [-0.25, -0.2) is 4.98 Å². The van der Waals surface area contributed by atoms with Crippen molar-refractivity contribution in [2.45, 2.75) is 18.9 Å². The standard InChI is InChI=1S/C13H18N4O/c18-13(16-10-1-2-10)12-4-3-11(9-15-12)17-7-5-14-6-8-17/h3-4,9-10,14H,1-2,5-8H2,(H,16,18)/i5D2,6D2,7D2,8D2. The Balaban J connectivity index is 1.97. The lowest BCUT2D eigenvalue weighted by molar-refractivity contribution is 0.0946. The summed E-state index contributed by atoms with van der Waals surface area (Å²) in [5.74, 6) is -0.406. The van der Waals surface area contributed by atoms with Crippen molar-refractivity contribution in [3.63, 3.8) is 0 Å². The van der Waals surface area contributed by atoms with E-state index in [0.29, 0.717) is 4.90 Å². The van der Waals surface area contributed by atoms with E-state index in [1.165, 1.54) is 12.1 Å². The third kappa shape index (κ3) is 2.61. The van der Waals surface area contributed by atoms with Crippen LogP contribution < -0.4 is 15.5 Å². The molecule has 0 atom stereocenters. The number of hydrogen-bond acceptors (Lipinski definition) is 4. The van der Waals surface area contributed by atoms with Gasteiger partial charge in [0.15, 0.2) is 0 Å². The summed E-state index contributed by atoms with van der Waals surface area (Å²) in [6, 6.07) is 2.62. The van der Waals surface area contributed by atoms with Crippen LogP contribution in [0.3, 0.4) is 0 Å². The molecule has 0 spiro atoms. The fraction of sp³-hybridized carbons (Fsp3) is 0.538. The van der Waals surface area contributed by atoms with Crippen molar-refractivity contribution in [2.75, 3.05) is 30.9 Å². The van der Waals surface area contributed by atoms with E-state index in [9.17, 15) is 4.79 Å². The highest BCUT2D eigenvalue weighted by Crippen LogP contribution is 2.19. The third-order valence-electron chi connectivity index (χ3n) is 2.61. The zero-order chi connectivity index (χ0) is 19.5. The minimum Gasteiger partial charge on any atom is -0.368 e. The molecule has 1 amide bonds. The number of pyridine rings is 1. The highest BCUT2D eigenvalue weighted by atomic mass is 16.2. The number of nitrogens with zero attached hydrogens (tertiary/aromatic N) is 2. The van der Waals surface area contributed by atoms with Crippen LogP contribution in [-0.4, -0.2) is 42.9 Å². The lowest BCUT2D eigenvalue weighted by Gasteiger charge is -2.29. The highest BCUT2D eigenvalue weighted by molar-refractivity contribution is 5.92. The first-order chi connectivity index (χ1) is 11.8. The van der Waals surface area contributed by atoms with Crippen LogP contribution in [0, 0.1) is 0 Å². The van der Waals surface area contributed by atoms with E-state index < -0.39 is 31.9 Å². The second kappa shape index (κ2) is 4.94. The molecule has 5 heteroatoms. The predicted octanol–water partition coefficient (Wildman–Crippen LogP) is 0.383. The van der Waals surface area contributed by atoms with Crippen molar-refractivity contribution in [1.29, 1.82) is 0 Å². The number of aromatic nitrogens is 1. The summed E-state index contributed by atoms with van der Waals surface area (Å²) in [5, 5.41) is 4.50. The second-order valence-corrected chi connectivity index (χ2v) is 4.08. The quantitative estimate of drug-likeness (QED) is 0.819. The van der Waals surface area contributed by atoms with Crippen LogP contribution in [0.5, 0.6) is 0 Å². The molecule has 0 radical (unpaired) electrons. The Hall–Kier alpha value is -1.62. The lowest BCUT2D eigenvalue weighted by atomic mass is 10.2. The van der Waals surface area contributed by atoms with E-state index in [4.69, 9.17) is 11.0 Å². The maximum atomic E-state index is 12.0. The van der Waals surface area contributed by atoms with Gasteiger partial charge in [0.2, 0.25) is 0 Å². The number of rotatable bonds is 3. The first kappa shape index (κ1) is 5.57. The number of amides is 1. The molecule has 2 N–H and O–H groups in total. The molecule has 18 heavy (non-hydrogen) atoms. The van der Waals surface area contributed by atoms with E-state index in [0.717, 1.165) is 19.0 Å². The molecule has 1 aliphatic heterocycles. The molecular weight excluding hydrogens is 228 g/mol. The molecule has 0 aromatic carbocycles. The number of nitrogens with one attached hydrogen (secondary N) is 2. The Labute approximate surface area is 118 Å². The van der Waals surface area contributed by atoms with Gasteiger partial charge in [-0.15, -0.1) is 0 Å². The van der Waals surface area contributed by atoms with Gasteiger partial charge < -0.3 is 15.5 Å². The molecule has 2 aliphatic rings. The Morgan fingerprint density at radius 2 is 2.22 bits per heavy atom. The number of anilines is 1. The van der Waals surface area contributed by atoms with Crippen LogP contribution in [0.1, 0.15) is 34.3 Å². The van der Waals surface area contributed by atoms with Gasteiger partial charge in [0.1, 0.15) is 5.69 Å². The molecule has 1 saturated heterocycles. The second-order valence-electron chi connectivity index (χ2n) is 4.08. The Kier molecular flexibility index (Phi) is 1.53. The molecule has 5 nitrogen and oxygen atoms in total. The Morgan fingerprint density at radius 3 is 2.83 bits per heavy atom. The molecule has 2 heterocycles. The van der Waals surface area contributed by atoms with Gasteiger partial charge in [0, 0.05) is 37.5 Å². The van der Waals surface area contributed by atoms with Gasteiger partial charge in [-0.05, 0) is 25.0 Å². The lowest BCUT2D eigenvalue weighted by Crippen LogP contribution is -2.43. The number of carbonyl (C=O) groups is 1. The molecule has 1 aromatic heterocycles. The highest BCUT2D eigenvalue weighted by Gasteiger charge is 2.24. The van der Waals surface area contributed by atoms with Gasteiger partial charge in [0.05, 0.1) is 17.4 Å². The fourth-order valence-corrected chi connectivity index (χ4v) is 1.50. The van der Waals surface area contributed by atoms with E-state index >= 15 is 0 Å². The summed E-state index contributed by atoms with van der Waals surface area (Å²) in [4.78, 5) is 16.3.